The van der Waals surface area contributed by atoms with Gasteiger partial charge in [-0.05, 0) is 12.1 Å². The van der Waals surface area contributed by atoms with Gasteiger partial charge in [0.05, 0.1) is 0 Å². The molecule has 1 atom stereocenters. The van der Waals surface area contributed by atoms with E-state index in [0.29, 0.717) is 0 Å². The predicted molar refractivity (Wildman–Crippen MR) is 69.3 cm³/mol. The standard InChI is InChI=1S/C12H15F3N4O2/c1-20-5-4-11(9-7(13)2-3-8(16)18-9)12(14,15)6-21-10(17)19-11/h2-3H,4-6H2,1H3,(H2,16,18)(H2,17,19)/t11-/m1/s1. The van der Waals surface area contributed by atoms with E-state index in [1.54, 1.807) is 0 Å². The fourth-order valence-corrected chi connectivity index (χ4v) is 2.17. The molecule has 0 saturated heterocycles. The Hall–Kier alpha value is -2.03. The van der Waals surface area contributed by atoms with Gasteiger partial charge in [-0.15, -0.1) is 0 Å². The molecule has 0 amide bonds. The number of hydrogen-bond acceptors (Lipinski definition) is 6. The third-order valence-electron chi connectivity index (χ3n) is 3.23. The van der Waals surface area contributed by atoms with Crippen LogP contribution in [0.4, 0.5) is 19.0 Å². The van der Waals surface area contributed by atoms with Gasteiger partial charge in [-0.25, -0.2) is 14.4 Å². The summed E-state index contributed by atoms with van der Waals surface area (Å²) in [5.74, 6) is -4.56. The van der Waals surface area contributed by atoms with E-state index in [-0.39, 0.29) is 18.8 Å². The fraction of sp³-hybridized carbons (Fsp3) is 0.500. The molecule has 0 unspecified atom stereocenters. The van der Waals surface area contributed by atoms with Crippen LogP contribution in [0.1, 0.15) is 12.1 Å². The number of rotatable bonds is 4. The number of nitrogens with two attached hydrogens (primary N) is 2. The number of nitrogen functional groups attached to an aromatic ring is 1. The maximum Gasteiger partial charge on any atom is 0.312 e. The molecule has 6 nitrogen and oxygen atoms in total. The van der Waals surface area contributed by atoms with Crippen LogP contribution in [-0.2, 0) is 15.0 Å². The number of methoxy groups -OCH3 is 1. The number of ether oxygens (including phenoxy) is 2. The van der Waals surface area contributed by atoms with Crippen molar-refractivity contribution in [2.24, 2.45) is 10.7 Å². The number of nitrogens with zero attached hydrogens (tertiary/aromatic N) is 2. The second kappa shape index (κ2) is 5.40. The molecule has 0 spiro atoms. The van der Waals surface area contributed by atoms with Crippen molar-refractivity contribution in [2.45, 2.75) is 17.9 Å². The summed E-state index contributed by atoms with van der Waals surface area (Å²) in [5.41, 5.74) is 7.99. The van der Waals surface area contributed by atoms with Crippen LogP contribution >= 0.6 is 0 Å². The van der Waals surface area contributed by atoms with Gasteiger partial charge >= 0.3 is 5.92 Å². The molecule has 4 N–H and O–H groups in total. The largest absolute Gasteiger partial charge is 0.459 e. The monoisotopic (exact) mass is 304 g/mol. The first-order valence-corrected chi connectivity index (χ1v) is 6.10. The summed E-state index contributed by atoms with van der Waals surface area (Å²) >= 11 is 0. The molecule has 0 radical (unpaired) electrons. The van der Waals surface area contributed by atoms with E-state index in [2.05, 4.69) is 14.7 Å². The van der Waals surface area contributed by atoms with Crippen LogP contribution in [-0.4, -0.2) is 37.3 Å². The first-order chi connectivity index (χ1) is 9.82. The number of amidine groups is 1. The number of aromatic nitrogens is 1. The minimum atomic E-state index is -3.52. The van der Waals surface area contributed by atoms with Crippen LogP contribution in [0.25, 0.3) is 0 Å². The zero-order valence-electron chi connectivity index (χ0n) is 11.3. The molecule has 0 bridgehead atoms. The molecule has 116 valence electrons. The van der Waals surface area contributed by atoms with E-state index < -0.39 is 35.6 Å². The summed E-state index contributed by atoms with van der Waals surface area (Å²) in [6, 6.07) is 1.68. The third-order valence-corrected chi connectivity index (χ3v) is 3.23. The van der Waals surface area contributed by atoms with Crippen molar-refractivity contribution >= 4 is 11.8 Å². The molecule has 0 fully saturated rings. The topological polar surface area (TPSA) is 95.8 Å². The van der Waals surface area contributed by atoms with Crippen molar-refractivity contribution in [3.05, 3.63) is 23.6 Å². The maximum absolute atomic E-state index is 14.4. The van der Waals surface area contributed by atoms with Gasteiger partial charge in [0.2, 0.25) is 0 Å². The van der Waals surface area contributed by atoms with Crippen LogP contribution in [0.3, 0.4) is 0 Å². The van der Waals surface area contributed by atoms with Gasteiger partial charge in [0.25, 0.3) is 6.02 Å². The van der Waals surface area contributed by atoms with Gasteiger partial charge in [-0.3, -0.25) is 0 Å². The number of anilines is 1. The van der Waals surface area contributed by atoms with Gasteiger partial charge < -0.3 is 20.9 Å². The Balaban J connectivity index is 2.66. The summed E-state index contributed by atoms with van der Waals surface area (Å²) in [6.07, 6.45) is -0.325. The number of alkyl halides is 2. The van der Waals surface area contributed by atoms with Crippen molar-refractivity contribution in [3.8, 4) is 0 Å². The minimum absolute atomic E-state index is 0.0950. The lowest BCUT2D eigenvalue weighted by molar-refractivity contribution is -0.131. The highest BCUT2D eigenvalue weighted by Crippen LogP contribution is 2.46. The Labute approximate surface area is 118 Å². The molecule has 21 heavy (non-hydrogen) atoms. The van der Waals surface area contributed by atoms with Gasteiger partial charge in [0.1, 0.15) is 17.3 Å². The highest BCUT2D eigenvalue weighted by atomic mass is 19.3. The number of hydrogen-bond donors (Lipinski definition) is 2. The summed E-state index contributed by atoms with van der Waals surface area (Å²) < 4.78 is 52.3. The average Bonchev–Trinajstić information content (AvgIpc) is 2.43. The van der Waals surface area contributed by atoms with Crippen LogP contribution < -0.4 is 11.5 Å². The molecule has 9 heteroatoms. The van der Waals surface area contributed by atoms with Gasteiger partial charge in [-0.1, -0.05) is 0 Å². The smallest absolute Gasteiger partial charge is 0.312 e. The molecular weight excluding hydrogens is 289 g/mol. The van der Waals surface area contributed by atoms with Crippen molar-refractivity contribution < 1.29 is 22.6 Å². The van der Waals surface area contributed by atoms with Gasteiger partial charge in [0, 0.05) is 20.1 Å². The Morgan fingerprint density at radius 1 is 1.38 bits per heavy atom. The summed E-state index contributed by atoms with van der Waals surface area (Å²) in [5, 5.41) is 0. The molecule has 2 heterocycles. The van der Waals surface area contributed by atoms with E-state index in [4.69, 9.17) is 16.2 Å². The Kier molecular flexibility index (Phi) is 3.95. The van der Waals surface area contributed by atoms with Gasteiger partial charge in [-0.2, -0.15) is 8.78 Å². The van der Waals surface area contributed by atoms with Crippen molar-refractivity contribution in [1.82, 2.24) is 4.98 Å². The van der Waals surface area contributed by atoms with Crippen molar-refractivity contribution in [3.63, 3.8) is 0 Å². The lowest BCUT2D eigenvalue weighted by atomic mass is 9.83. The Morgan fingerprint density at radius 2 is 2.10 bits per heavy atom. The number of halogens is 3. The zero-order valence-corrected chi connectivity index (χ0v) is 11.3. The first-order valence-electron chi connectivity index (χ1n) is 6.10. The summed E-state index contributed by atoms with van der Waals surface area (Å²) in [6.45, 7) is -1.12. The van der Waals surface area contributed by atoms with Crippen LogP contribution in [0, 0.1) is 5.82 Å². The van der Waals surface area contributed by atoms with Crippen LogP contribution in [0.2, 0.25) is 0 Å². The quantitative estimate of drug-likeness (QED) is 0.865. The van der Waals surface area contributed by atoms with Crippen molar-refractivity contribution in [1.29, 1.82) is 0 Å². The normalized spacial score (nSPS) is 24.3. The second-order valence-electron chi connectivity index (χ2n) is 4.61. The molecule has 1 aliphatic heterocycles. The number of pyridine rings is 1. The van der Waals surface area contributed by atoms with Crippen LogP contribution in [0.5, 0.6) is 0 Å². The second-order valence-corrected chi connectivity index (χ2v) is 4.61. The minimum Gasteiger partial charge on any atom is -0.459 e. The molecule has 0 aromatic carbocycles. The predicted octanol–water partition coefficient (Wildman–Crippen LogP) is 1.01. The zero-order chi connectivity index (χ0) is 15.7. The van der Waals surface area contributed by atoms with E-state index in [1.807, 2.05) is 0 Å². The summed E-state index contributed by atoms with van der Waals surface area (Å²) in [7, 11) is 1.33. The van der Waals surface area contributed by atoms with Crippen LogP contribution in [0.15, 0.2) is 17.1 Å². The first kappa shape index (κ1) is 15.4. The molecule has 1 aromatic heterocycles. The van der Waals surface area contributed by atoms with E-state index >= 15 is 0 Å². The maximum atomic E-state index is 14.4. The van der Waals surface area contributed by atoms with E-state index in [9.17, 15) is 13.2 Å². The molecule has 0 saturated carbocycles. The molecule has 0 aliphatic carbocycles. The summed E-state index contributed by atoms with van der Waals surface area (Å²) in [4.78, 5) is 7.36. The number of aliphatic imine (C=N–C) groups is 1. The lowest BCUT2D eigenvalue weighted by Crippen LogP contribution is -2.54. The lowest BCUT2D eigenvalue weighted by Gasteiger charge is -2.39. The molecular formula is C12H15F3N4O2. The Morgan fingerprint density at radius 3 is 2.76 bits per heavy atom. The average molecular weight is 304 g/mol. The highest BCUT2D eigenvalue weighted by Gasteiger charge is 2.60. The Bertz CT molecular complexity index is 567. The molecule has 1 aromatic rings. The SMILES string of the molecule is COCC[C@]1(c2nc(N)ccc2F)N=C(N)OCC1(F)F. The molecule has 2 rings (SSSR count). The van der Waals surface area contributed by atoms with E-state index in [1.165, 1.54) is 13.2 Å². The van der Waals surface area contributed by atoms with E-state index in [0.717, 1.165) is 6.07 Å². The third kappa shape index (κ3) is 2.60. The highest BCUT2D eigenvalue weighted by molar-refractivity contribution is 5.73. The molecule has 1 aliphatic rings. The van der Waals surface area contributed by atoms with Crippen molar-refractivity contribution in [2.75, 3.05) is 26.1 Å². The fourth-order valence-electron chi connectivity index (χ4n) is 2.17. The van der Waals surface area contributed by atoms with Gasteiger partial charge in [0.15, 0.2) is 12.1 Å².